The van der Waals surface area contributed by atoms with E-state index in [1.54, 1.807) is 6.07 Å². The van der Waals surface area contributed by atoms with Crippen molar-refractivity contribution in [2.75, 3.05) is 32.0 Å². The van der Waals surface area contributed by atoms with Crippen LogP contribution < -0.4 is 10.6 Å². The molecule has 1 saturated heterocycles. The van der Waals surface area contributed by atoms with Crippen molar-refractivity contribution in [2.45, 2.75) is 25.3 Å². The highest BCUT2D eigenvalue weighted by Gasteiger charge is 2.19. The first-order chi connectivity index (χ1) is 10.5. The van der Waals surface area contributed by atoms with Crippen LogP contribution in [0.3, 0.4) is 0 Å². The maximum atomic E-state index is 12.2. The molecule has 1 aliphatic rings. The van der Waals surface area contributed by atoms with E-state index in [0.717, 1.165) is 32.4 Å². The zero-order valence-corrected chi connectivity index (χ0v) is 16.0. The maximum Gasteiger partial charge on any atom is 0.238 e. The Kier molecular flexibility index (Phi) is 8.98. The van der Waals surface area contributed by atoms with Crippen molar-refractivity contribution in [3.63, 3.8) is 0 Å². The number of carbonyl (C=O) groups is 1. The average molecular weight is 401 g/mol. The van der Waals surface area contributed by atoms with Gasteiger partial charge in [-0.3, -0.25) is 9.69 Å². The first kappa shape index (κ1) is 20.8. The largest absolute Gasteiger partial charge is 0.324 e. The van der Waals surface area contributed by atoms with E-state index in [9.17, 15) is 4.79 Å². The fraction of sp³-hybridized carbons (Fsp3) is 0.533. The zero-order valence-electron chi connectivity index (χ0n) is 12.9. The summed E-state index contributed by atoms with van der Waals surface area (Å²) in [5, 5.41) is 7.28. The van der Waals surface area contributed by atoms with Gasteiger partial charge in [-0.25, -0.2) is 0 Å². The number of hydrogen-bond acceptors (Lipinski definition) is 3. The lowest BCUT2D eigenvalue weighted by Crippen LogP contribution is -2.38. The molecule has 1 unspecified atom stereocenters. The topological polar surface area (TPSA) is 44.4 Å². The number of carbonyl (C=O) groups excluding carboxylic acids is 1. The van der Waals surface area contributed by atoms with Gasteiger partial charge in [0.15, 0.2) is 0 Å². The summed E-state index contributed by atoms with van der Waals surface area (Å²) in [7, 11) is 1.98. The SMILES string of the molecule is CN(CC(=O)Nc1cc(Cl)c(Cl)cc1Cl)C1CCCNCC1.Cl. The van der Waals surface area contributed by atoms with Crippen LogP contribution in [0.25, 0.3) is 0 Å². The molecular weight excluding hydrogens is 380 g/mol. The summed E-state index contributed by atoms with van der Waals surface area (Å²) in [6.45, 7) is 2.37. The van der Waals surface area contributed by atoms with Gasteiger partial charge in [-0.2, -0.15) is 0 Å². The molecule has 1 fully saturated rings. The fourth-order valence-corrected chi connectivity index (χ4v) is 3.20. The lowest BCUT2D eigenvalue weighted by atomic mass is 10.1. The third-order valence-electron chi connectivity index (χ3n) is 3.85. The summed E-state index contributed by atoms with van der Waals surface area (Å²) in [6, 6.07) is 3.52. The molecule has 1 aromatic carbocycles. The second-order valence-electron chi connectivity index (χ2n) is 5.54. The second kappa shape index (κ2) is 9.92. The molecule has 0 saturated carbocycles. The van der Waals surface area contributed by atoms with Crippen LogP contribution in [-0.4, -0.2) is 43.5 Å². The number of hydrogen-bond donors (Lipinski definition) is 2. The highest BCUT2D eigenvalue weighted by molar-refractivity contribution is 6.44. The second-order valence-corrected chi connectivity index (χ2v) is 6.77. The Morgan fingerprint density at radius 1 is 1.22 bits per heavy atom. The summed E-state index contributed by atoms with van der Waals surface area (Å²) in [5.41, 5.74) is 0.483. The van der Waals surface area contributed by atoms with E-state index < -0.39 is 0 Å². The molecule has 0 aromatic heterocycles. The average Bonchev–Trinajstić information content (AvgIpc) is 2.73. The molecule has 0 bridgehead atoms. The minimum Gasteiger partial charge on any atom is -0.324 e. The summed E-state index contributed by atoms with van der Waals surface area (Å²) >= 11 is 17.9. The van der Waals surface area contributed by atoms with E-state index >= 15 is 0 Å². The van der Waals surface area contributed by atoms with Gasteiger partial charge in [0.25, 0.3) is 0 Å². The monoisotopic (exact) mass is 399 g/mol. The molecule has 4 nitrogen and oxygen atoms in total. The number of halogens is 4. The van der Waals surface area contributed by atoms with E-state index in [1.165, 1.54) is 6.07 Å². The van der Waals surface area contributed by atoms with Gasteiger partial charge in [0.2, 0.25) is 5.91 Å². The summed E-state index contributed by atoms with van der Waals surface area (Å²) < 4.78 is 0. The third-order valence-corrected chi connectivity index (χ3v) is 4.88. The van der Waals surface area contributed by atoms with Crippen LogP contribution in [0.4, 0.5) is 5.69 Å². The minimum absolute atomic E-state index is 0. The van der Waals surface area contributed by atoms with Crippen molar-refractivity contribution < 1.29 is 4.79 Å². The zero-order chi connectivity index (χ0) is 16.1. The number of nitrogens with zero attached hydrogens (tertiary/aromatic N) is 1. The molecule has 130 valence electrons. The first-order valence-electron chi connectivity index (χ1n) is 7.32. The van der Waals surface area contributed by atoms with Crippen LogP contribution in [0.15, 0.2) is 12.1 Å². The van der Waals surface area contributed by atoms with Gasteiger partial charge in [-0.15, -0.1) is 12.4 Å². The Bertz CT molecular complexity index is 534. The van der Waals surface area contributed by atoms with Gasteiger partial charge in [0.05, 0.1) is 27.3 Å². The van der Waals surface area contributed by atoms with Gasteiger partial charge >= 0.3 is 0 Å². The molecule has 0 aliphatic carbocycles. The van der Waals surface area contributed by atoms with Crippen LogP contribution in [-0.2, 0) is 4.79 Å². The Hall–Kier alpha value is -0.230. The van der Waals surface area contributed by atoms with Gasteiger partial charge in [-0.1, -0.05) is 34.8 Å². The molecule has 23 heavy (non-hydrogen) atoms. The molecule has 0 spiro atoms. The summed E-state index contributed by atoms with van der Waals surface area (Å²) in [6.07, 6.45) is 3.29. The number of amides is 1. The molecule has 2 rings (SSSR count). The minimum atomic E-state index is -0.111. The first-order valence-corrected chi connectivity index (χ1v) is 8.46. The predicted octanol–water partition coefficient (Wildman–Crippen LogP) is 4.08. The molecular formula is C15H21Cl4N3O. The quantitative estimate of drug-likeness (QED) is 0.748. The van der Waals surface area contributed by atoms with Crippen molar-refractivity contribution >= 4 is 58.8 Å². The van der Waals surface area contributed by atoms with Crippen molar-refractivity contribution in [1.82, 2.24) is 10.2 Å². The molecule has 1 aliphatic heterocycles. The summed E-state index contributed by atoms with van der Waals surface area (Å²) in [5.74, 6) is -0.111. The summed E-state index contributed by atoms with van der Waals surface area (Å²) in [4.78, 5) is 14.3. The van der Waals surface area contributed by atoms with E-state index in [0.29, 0.717) is 33.3 Å². The fourth-order valence-electron chi connectivity index (χ4n) is 2.61. The normalized spacial score (nSPS) is 18.2. The third kappa shape index (κ3) is 6.29. The number of nitrogens with one attached hydrogen (secondary N) is 2. The Morgan fingerprint density at radius 2 is 1.91 bits per heavy atom. The van der Waals surface area contributed by atoms with Crippen LogP contribution in [0, 0.1) is 0 Å². The molecule has 8 heteroatoms. The number of anilines is 1. The standard InChI is InChI=1S/C15H20Cl3N3O.ClH/c1-21(10-3-2-5-19-6-4-10)9-15(22)20-14-8-12(17)11(16)7-13(14)18;/h7-8,10,19H,2-6,9H2,1H3,(H,20,22);1H. The van der Waals surface area contributed by atoms with E-state index in [4.69, 9.17) is 34.8 Å². The van der Waals surface area contributed by atoms with Crippen molar-refractivity contribution in [2.24, 2.45) is 0 Å². The number of benzene rings is 1. The highest BCUT2D eigenvalue weighted by Crippen LogP contribution is 2.32. The van der Waals surface area contributed by atoms with E-state index in [2.05, 4.69) is 15.5 Å². The highest BCUT2D eigenvalue weighted by atomic mass is 35.5. The lowest BCUT2D eigenvalue weighted by Gasteiger charge is -2.26. The molecule has 1 atom stereocenters. The Labute approximate surface area is 158 Å². The van der Waals surface area contributed by atoms with Crippen LogP contribution in [0.5, 0.6) is 0 Å². The van der Waals surface area contributed by atoms with Crippen LogP contribution >= 0.6 is 47.2 Å². The van der Waals surface area contributed by atoms with Gasteiger partial charge < -0.3 is 10.6 Å². The van der Waals surface area contributed by atoms with Gasteiger partial charge in [0, 0.05) is 6.04 Å². The smallest absolute Gasteiger partial charge is 0.238 e. The van der Waals surface area contributed by atoms with Crippen molar-refractivity contribution in [3.8, 4) is 0 Å². The van der Waals surface area contributed by atoms with Crippen molar-refractivity contribution in [1.29, 1.82) is 0 Å². The Morgan fingerprint density at radius 3 is 2.65 bits per heavy atom. The van der Waals surface area contributed by atoms with Gasteiger partial charge in [0.1, 0.15) is 0 Å². The molecule has 0 radical (unpaired) electrons. The Balaban J connectivity index is 0.00000264. The maximum absolute atomic E-state index is 12.2. The molecule has 2 N–H and O–H groups in total. The van der Waals surface area contributed by atoms with Crippen molar-refractivity contribution in [3.05, 3.63) is 27.2 Å². The number of likely N-dealkylation sites (N-methyl/N-ethyl adjacent to an activating group) is 1. The van der Waals surface area contributed by atoms with Crippen LogP contribution in [0.2, 0.25) is 15.1 Å². The predicted molar refractivity (Wildman–Crippen MR) is 100 cm³/mol. The molecule has 1 heterocycles. The lowest BCUT2D eigenvalue weighted by molar-refractivity contribution is -0.117. The van der Waals surface area contributed by atoms with Crippen LogP contribution in [0.1, 0.15) is 19.3 Å². The van der Waals surface area contributed by atoms with Gasteiger partial charge in [-0.05, 0) is 51.5 Å². The van der Waals surface area contributed by atoms with E-state index in [-0.39, 0.29) is 18.3 Å². The number of rotatable bonds is 4. The molecule has 1 aromatic rings. The van der Waals surface area contributed by atoms with E-state index in [1.807, 2.05) is 7.05 Å². The molecule has 1 amide bonds.